The topological polar surface area (TPSA) is 29.5 Å². The Kier molecular flexibility index (Phi) is 3.03. The maximum absolute atomic E-state index is 12.6. The molecule has 0 unspecified atom stereocenters. The van der Waals surface area contributed by atoms with Gasteiger partial charge in [-0.2, -0.15) is 0 Å². The molecule has 0 aliphatic carbocycles. The highest BCUT2D eigenvalue weighted by Gasteiger charge is 2.38. The van der Waals surface area contributed by atoms with Crippen LogP contribution in [0.5, 0.6) is 0 Å². The number of halogens is 2. The molecule has 0 saturated carbocycles. The summed E-state index contributed by atoms with van der Waals surface area (Å²) < 4.78 is 29.8. The summed E-state index contributed by atoms with van der Waals surface area (Å²) in [5.74, 6) is 0. The molecule has 1 aliphatic rings. The third kappa shape index (κ3) is 2.13. The molecule has 5 heteroatoms. The number of carbonyl (C=O) groups is 1. The maximum Gasteiger partial charge on any atom is 0.410 e. The van der Waals surface area contributed by atoms with Gasteiger partial charge in [-0.05, 0) is 5.56 Å². The van der Waals surface area contributed by atoms with Crippen LogP contribution in [0.2, 0.25) is 0 Å². The van der Waals surface area contributed by atoms with E-state index in [0.29, 0.717) is 0 Å². The van der Waals surface area contributed by atoms with E-state index in [0.717, 1.165) is 10.5 Å². The molecule has 1 atom stereocenters. The number of carbonyl (C=O) groups excluding carboxylic acids is 1. The lowest BCUT2D eigenvalue weighted by molar-refractivity contribution is 0.0575. The van der Waals surface area contributed by atoms with Crippen molar-refractivity contribution in [3.05, 3.63) is 35.9 Å². The molecule has 0 aromatic heterocycles. The molecule has 2 rings (SSSR count). The van der Waals surface area contributed by atoms with Crippen LogP contribution in [0.4, 0.5) is 13.6 Å². The van der Waals surface area contributed by atoms with Gasteiger partial charge in [0.2, 0.25) is 0 Å². The van der Waals surface area contributed by atoms with Crippen molar-refractivity contribution in [1.82, 2.24) is 4.90 Å². The van der Waals surface area contributed by atoms with Crippen LogP contribution in [0.25, 0.3) is 0 Å². The van der Waals surface area contributed by atoms with Gasteiger partial charge in [0.25, 0.3) is 6.43 Å². The monoisotopic (exact) mass is 227 g/mol. The first-order valence-corrected chi connectivity index (χ1v) is 4.94. The van der Waals surface area contributed by atoms with E-state index in [2.05, 4.69) is 4.74 Å². The number of benzene rings is 1. The Bertz CT molecular complexity index is 370. The molecule has 0 N–H and O–H groups in total. The fourth-order valence-electron chi connectivity index (χ4n) is 1.64. The summed E-state index contributed by atoms with van der Waals surface area (Å²) in [4.78, 5) is 12.3. The highest BCUT2D eigenvalue weighted by molar-refractivity contribution is 5.70. The quantitative estimate of drug-likeness (QED) is 0.792. The Morgan fingerprint density at radius 2 is 2.06 bits per heavy atom. The predicted molar refractivity (Wildman–Crippen MR) is 53.1 cm³/mol. The van der Waals surface area contributed by atoms with Crippen LogP contribution in [0.1, 0.15) is 5.56 Å². The van der Waals surface area contributed by atoms with Gasteiger partial charge < -0.3 is 4.74 Å². The number of ether oxygens (including phenoxy) is 1. The van der Waals surface area contributed by atoms with Crippen LogP contribution < -0.4 is 0 Å². The van der Waals surface area contributed by atoms with Gasteiger partial charge in [0.15, 0.2) is 0 Å². The van der Waals surface area contributed by atoms with Crippen molar-refractivity contribution in [2.75, 3.05) is 6.61 Å². The highest BCUT2D eigenvalue weighted by Crippen LogP contribution is 2.21. The largest absolute Gasteiger partial charge is 0.447 e. The summed E-state index contributed by atoms with van der Waals surface area (Å²) in [7, 11) is 0. The van der Waals surface area contributed by atoms with Crippen LogP contribution >= 0.6 is 0 Å². The van der Waals surface area contributed by atoms with Gasteiger partial charge in [0, 0.05) is 6.54 Å². The molecular formula is C11H11F2NO2. The predicted octanol–water partition coefficient (Wildman–Crippen LogP) is 2.27. The second kappa shape index (κ2) is 4.47. The molecule has 0 spiro atoms. The zero-order valence-corrected chi connectivity index (χ0v) is 8.48. The van der Waals surface area contributed by atoms with Crippen LogP contribution in [0, 0.1) is 0 Å². The van der Waals surface area contributed by atoms with Gasteiger partial charge in [-0.1, -0.05) is 30.3 Å². The van der Waals surface area contributed by atoms with Crippen molar-refractivity contribution in [2.45, 2.75) is 19.0 Å². The summed E-state index contributed by atoms with van der Waals surface area (Å²) >= 11 is 0. The third-order valence-electron chi connectivity index (χ3n) is 2.50. The van der Waals surface area contributed by atoms with E-state index < -0.39 is 18.6 Å². The van der Waals surface area contributed by atoms with Crippen molar-refractivity contribution in [1.29, 1.82) is 0 Å². The zero-order chi connectivity index (χ0) is 11.5. The van der Waals surface area contributed by atoms with Gasteiger partial charge in [0.1, 0.15) is 12.6 Å². The van der Waals surface area contributed by atoms with E-state index in [1.165, 1.54) is 0 Å². The van der Waals surface area contributed by atoms with Gasteiger partial charge in [0.05, 0.1) is 0 Å². The third-order valence-corrected chi connectivity index (χ3v) is 2.50. The van der Waals surface area contributed by atoms with E-state index in [-0.39, 0.29) is 13.2 Å². The van der Waals surface area contributed by atoms with Gasteiger partial charge >= 0.3 is 6.09 Å². The first kappa shape index (κ1) is 10.9. The molecule has 0 radical (unpaired) electrons. The van der Waals surface area contributed by atoms with Crippen LogP contribution in [0.3, 0.4) is 0 Å². The minimum Gasteiger partial charge on any atom is -0.447 e. The van der Waals surface area contributed by atoms with E-state index in [9.17, 15) is 13.6 Å². The zero-order valence-electron chi connectivity index (χ0n) is 8.48. The second-order valence-corrected chi connectivity index (χ2v) is 3.59. The van der Waals surface area contributed by atoms with E-state index >= 15 is 0 Å². The Balaban J connectivity index is 2.10. The molecular weight excluding hydrogens is 216 g/mol. The summed E-state index contributed by atoms with van der Waals surface area (Å²) in [5.41, 5.74) is 0.812. The standard InChI is InChI=1S/C11H11F2NO2/c12-10(13)9-7-16-11(15)14(9)6-8-4-2-1-3-5-8/h1-5,9-10H,6-7H2/t9-/m0/s1. The average molecular weight is 227 g/mol. The number of rotatable bonds is 3. The number of amides is 1. The summed E-state index contributed by atoms with van der Waals surface area (Å²) in [6, 6.07) is 7.87. The van der Waals surface area contributed by atoms with Crippen LogP contribution in [-0.2, 0) is 11.3 Å². The first-order valence-electron chi connectivity index (χ1n) is 4.94. The molecule has 1 aromatic rings. The normalized spacial score (nSPS) is 20.3. The Hall–Kier alpha value is -1.65. The van der Waals surface area contributed by atoms with Crippen molar-refractivity contribution in [3.8, 4) is 0 Å². The van der Waals surface area contributed by atoms with Crippen LogP contribution in [-0.4, -0.2) is 30.1 Å². The van der Waals surface area contributed by atoms with Crippen molar-refractivity contribution >= 4 is 6.09 Å². The minimum absolute atomic E-state index is 0.161. The number of cyclic esters (lactones) is 1. The summed E-state index contributed by atoms with van der Waals surface area (Å²) in [5, 5.41) is 0. The molecule has 1 amide bonds. The lowest BCUT2D eigenvalue weighted by Gasteiger charge is -2.20. The molecule has 1 heterocycles. The van der Waals surface area contributed by atoms with E-state index in [1.807, 2.05) is 6.07 Å². The average Bonchev–Trinajstić information content (AvgIpc) is 2.62. The fraction of sp³-hybridized carbons (Fsp3) is 0.364. The maximum atomic E-state index is 12.6. The van der Waals surface area contributed by atoms with Crippen molar-refractivity contribution in [3.63, 3.8) is 0 Å². The van der Waals surface area contributed by atoms with E-state index in [1.54, 1.807) is 24.3 Å². The molecule has 1 saturated heterocycles. The fourth-order valence-corrected chi connectivity index (χ4v) is 1.64. The van der Waals surface area contributed by atoms with E-state index in [4.69, 9.17) is 0 Å². The summed E-state index contributed by atoms with van der Waals surface area (Å²) in [6.45, 7) is -0.0714. The van der Waals surface area contributed by atoms with Gasteiger partial charge in [-0.3, -0.25) is 4.90 Å². The lowest BCUT2D eigenvalue weighted by Crippen LogP contribution is -2.37. The summed E-state index contributed by atoms with van der Waals surface area (Å²) in [6.07, 6.45) is -3.25. The second-order valence-electron chi connectivity index (χ2n) is 3.59. The number of hydrogen-bond acceptors (Lipinski definition) is 2. The molecule has 86 valence electrons. The molecule has 3 nitrogen and oxygen atoms in total. The Labute approximate surface area is 91.6 Å². The number of hydrogen-bond donors (Lipinski definition) is 0. The molecule has 1 aromatic carbocycles. The number of alkyl halides is 2. The molecule has 0 bridgehead atoms. The molecule has 1 aliphatic heterocycles. The smallest absolute Gasteiger partial charge is 0.410 e. The highest BCUT2D eigenvalue weighted by atomic mass is 19.3. The van der Waals surface area contributed by atoms with Gasteiger partial charge in [-0.25, -0.2) is 13.6 Å². The Morgan fingerprint density at radius 3 is 2.69 bits per heavy atom. The molecule has 1 fully saturated rings. The first-order chi connectivity index (χ1) is 7.68. The number of nitrogens with zero attached hydrogens (tertiary/aromatic N) is 1. The Morgan fingerprint density at radius 1 is 1.38 bits per heavy atom. The minimum atomic E-state index is -2.57. The van der Waals surface area contributed by atoms with Crippen molar-refractivity contribution in [2.24, 2.45) is 0 Å². The van der Waals surface area contributed by atoms with Gasteiger partial charge in [-0.15, -0.1) is 0 Å². The van der Waals surface area contributed by atoms with Crippen molar-refractivity contribution < 1.29 is 18.3 Å². The van der Waals surface area contributed by atoms with Crippen LogP contribution in [0.15, 0.2) is 30.3 Å². The SMILES string of the molecule is O=C1OC[C@@H](C(F)F)N1Cc1ccccc1. The molecule has 16 heavy (non-hydrogen) atoms. The lowest BCUT2D eigenvalue weighted by atomic mass is 10.2.